The van der Waals surface area contributed by atoms with Crippen molar-refractivity contribution in [3.05, 3.63) is 59.2 Å². The van der Waals surface area contributed by atoms with Gasteiger partial charge in [-0.2, -0.15) is 0 Å². The molecule has 9 heteroatoms. The first-order valence-electron chi connectivity index (χ1n) is 10.3. The fraction of sp³-hybridized carbons (Fsp3) is 0.409. The van der Waals surface area contributed by atoms with E-state index in [1.807, 2.05) is 0 Å². The van der Waals surface area contributed by atoms with E-state index in [2.05, 4.69) is 0 Å². The zero-order valence-corrected chi connectivity index (χ0v) is 18.3. The Morgan fingerprint density at radius 2 is 1.77 bits per heavy atom. The molecule has 2 atom stereocenters. The Hall–Kier alpha value is -2.13. The van der Waals surface area contributed by atoms with Gasteiger partial charge in [0.1, 0.15) is 11.6 Å². The van der Waals surface area contributed by atoms with Crippen molar-refractivity contribution < 1.29 is 22.9 Å². The quantitative estimate of drug-likeness (QED) is 0.704. The number of carboxylic acid groups (broad SMARTS) is 1. The van der Waals surface area contributed by atoms with Crippen LogP contribution in [0.5, 0.6) is 0 Å². The van der Waals surface area contributed by atoms with Gasteiger partial charge in [-0.3, -0.25) is 9.08 Å². The lowest BCUT2D eigenvalue weighted by molar-refractivity contribution is 0.0691. The average Bonchev–Trinajstić information content (AvgIpc) is 3.54. The second-order valence-corrected chi connectivity index (χ2v) is 11.7. The van der Waals surface area contributed by atoms with Crippen molar-refractivity contribution in [1.82, 2.24) is 0 Å². The van der Waals surface area contributed by atoms with Crippen LogP contribution in [0.3, 0.4) is 0 Å². The van der Waals surface area contributed by atoms with Gasteiger partial charge in [0.2, 0.25) is 0 Å². The Morgan fingerprint density at radius 1 is 1.13 bits per heavy atom. The zero-order chi connectivity index (χ0) is 21.9. The Labute approximate surface area is 183 Å². The van der Waals surface area contributed by atoms with E-state index in [4.69, 9.17) is 4.78 Å². The van der Waals surface area contributed by atoms with Crippen LogP contribution < -0.4 is 4.31 Å². The lowest BCUT2D eigenvalue weighted by atomic mass is 9.70. The van der Waals surface area contributed by atoms with E-state index < -0.39 is 44.7 Å². The van der Waals surface area contributed by atoms with Crippen molar-refractivity contribution in [3.8, 4) is 0 Å². The van der Waals surface area contributed by atoms with Gasteiger partial charge in [-0.1, -0.05) is 0 Å². The average molecular weight is 465 g/mol. The summed E-state index contributed by atoms with van der Waals surface area (Å²) in [5.74, 6) is -1.03. The highest BCUT2D eigenvalue weighted by Crippen LogP contribution is 2.59. The predicted molar refractivity (Wildman–Crippen MR) is 116 cm³/mol. The normalized spacial score (nSPS) is 28.5. The first-order valence-corrected chi connectivity index (χ1v) is 12.9. The van der Waals surface area contributed by atoms with Gasteiger partial charge < -0.3 is 5.11 Å². The summed E-state index contributed by atoms with van der Waals surface area (Å²) in [5.41, 5.74) is -0.227. The molecule has 31 heavy (non-hydrogen) atoms. The number of hydrogen-bond donors (Lipinski definition) is 2. The summed E-state index contributed by atoms with van der Waals surface area (Å²) in [6.07, 6.45) is 3.03. The molecule has 0 amide bonds. The molecule has 2 unspecified atom stereocenters. The SMILES string of the molecule is N=S1CCC2(CC1)c1c(ccc(C(=O)O)c1F)N(S(=O)c1ccc(F)cc1)C2C1CC1. The smallest absolute Gasteiger partial charge is 0.338 e. The van der Waals surface area contributed by atoms with Crippen molar-refractivity contribution in [2.75, 3.05) is 15.8 Å². The molecule has 3 aliphatic rings. The van der Waals surface area contributed by atoms with Crippen molar-refractivity contribution in [2.24, 2.45) is 5.92 Å². The summed E-state index contributed by atoms with van der Waals surface area (Å²) < 4.78 is 52.8. The maximum absolute atomic E-state index is 15.7. The minimum Gasteiger partial charge on any atom is -0.478 e. The van der Waals surface area contributed by atoms with E-state index in [0.717, 1.165) is 12.8 Å². The summed E-state index contributed by atoms with van der Waals surface area (Å²) in [6.45, 7) is 0. The number of anilines is 1. The number of fused-ring (bicyclic) bond motifs is 2. The lowest BCUT2D eigenvalue weighted by Gasteiger charge is -2.42. The van der Waals surface area contributed by atoms with E-state index in [1.54, 1.807) is 10.4 Å². The van der Waals surface area contributed by atoms with Crippen LogP contribution in [0.4, 0.5) is 14.5 Å². The number of hydrogen-bond acceptors (Lipinski definition) is 3. The molecule has 0 aromatic heterocycles. The summed E-state index contributed by atoms with van der Waals surface area (Å²) in [4.78, 5) is 12.1. The van der Waals surface area contributed by atoms with Crippen molar-refractivity contribution >= 4 is 33.3 Å². The Kier molecular flexibility index (Phi) is 5.01. The maximum Gasteiger partial charge on any atom is 0.338 e. The number of nitrogens with one attached hydrogen (secondary N) is 1. The van der Waals surface area contributed by atoms with Gasteiger partial charge in [0.25, 0.3) is 0 Å². The second kappa shape index (κ2) is 7.48. The van der Waals surface area contributed by atoms with E-state index in [-0.39, 0.29) is 17.5 Å². The van der Waals surface area contributed by atoms with E-state index in [1.165, 1.54) is 30.3 Å². The molecule has 2 aromatic rings. The first-order chi connectivity index (χ1) is 14.8. The maximum atomic E-state index is 15.7. The van der Waals surface area contributed by atoms with E-state index >= 15 is 4.39 Å². The standard InChI is InChI=1S/C22H22F2N2O3S2/c23-14-3-5-15(6-4-14)31(29)26-17-8-7-16(21(27)28)19(24)18(17)22(20(26)13-1-2-13)9-11-30(25)12-10-22/h3-8,13,20,25H,1-2,9-12H2,(H,27,28). The summed E-state index contributed by atoms with van der Waals surface area (Å²) in [5, 5.41) is 9.51. The zero-order valence-electron chi connectivity index (χ0n) is 16.6. The summed E-state index contributed by atoms with van der Waals surface area (Å²) in [7, 11) is -2.20. The second-order valence-electron chi connectivity index (χ2n) is 8.49. The lowest BCUT2D eigenvalue weighted by Crippen LogP contribution is -2.50. The van der Waals surface area contributed by atoms with Crippen LogP contribution in [0.15, 0.2) is 41.3 Å². The van der Waals surface area contributed by atoms with Gasteiger partial charge in [-0.25, -0.2) is 17.8 Å². The molecule has 2 aliphatic heterocycles. The van der Waals surface area contributed by atoms with Gasteiger partial charge in [-0.15, -0.1) is 10.7 Å². The van der Waals surface area contributed by atoms with E-state index in [0.29, 0.717) is 40.5 Å². The summed E-state index contributed by atoms with van der Waals surface area (Å²) in [6, 6.07) is 8.05. The third-order valence-electron chi connectivity index (χ3n) is 6.76. The third-order valence-corrected chi connectivity index (χ3v) is 9.61. The minimum atomic E-state index is -1.69. The number of nitrogens with zero attached hydrogens (tertiary/aromatic N) is 1. The highest BCUT2D eigenvalue weighted by Gasteiger charge is 2.59. The fourth-order valence-electron chi connectivity index (χ4n) is 5.21. The summed E-state index contributed by atoms with van der Waals surface area (Å²) >= 11 is 0. The van der Waals surface area contributed by atoms with Gasteiger partial charge in [-0.05, 0) is 68.0 Å². The molecule has 2 aromatic carbocycles. The van der Waals surface area contributed by atoms with Crippen LogP contribution in [0.1, 0.15) is 41.6 Å². The Morgan fingerprint density at radius 3 is 2.35 bits per heavy atom. The van der Waals surface area contributed by atoms with Gasteiger partial charge in [0.15, 0.2) is 11.0 Å². The van der Waals surface area contributed by atoms with Crippen LogP contribution in [-0.4, -0.2) is 32.8 Å². The molecule has 1 spiro atoms. The molecule has 5 nitrogen and oxygen atoms in total. The fourth-order valence-corrected chi connectivity index (χ4v) is 8.14. The number of carbonyl (C=O) groups is 1. The number of halogens is 2. The highest BCUT2D eigenvalue weighted by molar-refractivity contribution is 7.86. The molecule has 2 N–H and O–H groups in total. The third kappa shape index (κ3) is 3.24. The largest absolute Gasteiger partial charge is 0.478 e. The monoisotopic (exact) mass is 464 g/mol. The predicted octanol–water partition coefficient (Wildman–Crippen LogP) is 4.40. The molecule has 0 radical (unpaired) electrons. The highest BCUT2D eigenvalue weighted by atomic mass is 32.2. The van der Waals surface area contributed by atoms with Gasteiger partial charge >= 0.3 is 5.97 Å². The molecule has 1 saturated carbocycles. The first kappa shape index (κ1) is 20.8. The van der Waals surface area contributed by atoms with Crippen LogP contribution in [0.25, 0.3) is 0 Å². The number of rotatable bonds is 4. The molecule has 0 bridgehead atoms. The molecule has 164 valence electrons. The van der Waals surface area contributed by atoms with Crippen LogP contribution >= 0.6 is 0 Å². The van der Waals surface area contributed by atoms with Gasteiger partial charge in [0, 0.05) is 22.5 Å². The minimum absolute atomic E-state index is 0.232. The molecule has 5 rings (SSSR count). The van der Waals surface area contributed by atoms with Crippen LogP contribution in [0, 0.1) is 22.3 Å². The van der Waals surface area contributed by atoms with Crippen LogP contribution in [-0.2, 0) is 27.1 Å². The number of benzene rings is 2. The molecular formula is C22H22F2N2O3S2. The van der Waals surface area contributed by atoms with E-state index in [9.17, 15) is 18.5 Å². The number of aromatic carboxylic acids is 1. The van der Waals surface area contributed by atoms with Crippen molar-refractivity contribution in [1.29, 1.82) is 4.78 Å². The van der Waals surface area contributed by atoms with Gasteiger partial charge in [0.05, 0.1) is 22.2 Å². The molecule has 1 aliphatic carbocycles. The van der Waals surface area contributed by atoms with Crippen molar-refractivity contribution in [3.63, 3.8) is 0 Å². The molecule has 1 saturated heterocycles. The molecule has 2 heterocycles. The molecule has 2 fully saturated rings. The number of carboxylic acids is 1. The topological polar surface area (TPSA) is 81.5 Å². The Balaban J connectivity index is 1.71. The molecular weight excluding hydrogens is 442 g/mol. The Bertz CT molecular complexity index is 1110. The van der Waals surface area contributed by atoms with Crippen LogP contribution in [0.2, 0.25) is 0 Å². The van der Waals surface area contributed by atoms with Crippen molar-refractivity contribution in [2.45, 2.75) is 42.0 Å².